The Morgan fingerprint density at radius 2 is 1.55 bits per heavy atom. The van der Waals surface area contributed by atoms with Gasteiger partial charge in [0, 0.05) is 12.1 Å². The molecule has 2 aromatic carbocycles. The van der Waals surface area contributed by atoms with Gasteiger partial charge in [-0.05, 0) is 29.8 Å². The summed E-state index contributed by atoms with van der Waals surface area (Å²) in [4.78, 5) is 32.5. The number of non-ortho nitro benzene ring substituents is 1. The zero-order valence-electron chi connectivity index (χ0n) is 11.3. The van der Waals surface area contributed by atoms with Crippen molar-refractivity contribution in [3.63, 3.8) is 0 Å². The van der Waals surface area contributed by atoms with Crippen LogP contribution >= 0.6 is 0 Å². The first-order chi connectivity index (χ1) is 10.5. The third-order valence-corrected chi connectivity index (χ3v) is 2.88. The number of carboxylic acids is 1. The predicted molar refractivity (Wildman–Crippen MR) is 75.6 cm³/mol. The number of hydrogen-bond acceptors (Lipinski definition) is 5. The van der Waals surface area contributed by atoms with E-state index >= 15 is 0 Å². The fourth-order valence-corrected chi connectivity index (χ4v) is 1.69. The first-order valence-corrected chi connectivity index (χ1v) is 6.21. The van der Waals surface area contributed by atoms with Gasteiger partial charge in [0.1, 0.15) is 6.61 Å². The molecule has 2 aromatic rings. The predicted octanol–water partition coefficient (Wildman–Crippen LogP) is 2.65. The molecule has 0 heterocycles. The van der Waals surface area contributed by atoms with Crippen LogP contribution in [0.15, 0.2) is 48.5 Å². The number of hydrogen-bond donors (Lipinski definition) is 1. The van der Waals surface area contributed by atoms with E-state index in [4.69, 9.17) is 9.84 Å². The lowest BCUT2D eigenvalue weighted by Gasteiger charge is -2.05. The lowest BCUT2D eigenvalue weighted by atomic mass is 10.1. The Hall–Kier alpha value is -3.22. The minimum Gasteiger partial charge on any atom is -0.478 e. The SMILES string of the molecule is O=C(O)c1ccc(COC(=O)c2ccc([N+](=O)[O-])cc2)cc1. The van der Waals surface area contributed by atoms with Crippen LogP contribution in [0, 0.1) is 10.1 Å². The minimum absolute atomic E-state index is 0.0181. The van der Waals surface area contributed by atoms with Crippen molar-refractivity contribution in [1.29, 1.82) is 0 Å². The standard InChI is InChI=1S/C15H11NO6/c17-14(18)11-3-1-10(2-4-11)9-22-15(19)12-5-7-13(8-6-12)16(20)21/h1-8H,9H2,(H,17,18). The van der Waals surface area contributed by atoms with Crippen LogP contribution in [-0.2, 0) is 11.3 Å². The summed E-state index contributed by atoms with van der Waals surface area (Å²) < 4.78 is 5.06. The van der Waals surface area contributed by atoms with Crippen molar-refractivity contribution in [2.75, 3.05) is 0 Å². The highest BCUT2D eigenvalue weighted by Gasteiger charge is 2.11. The molecule has 0 amide bonds. The van der Waals surface area contributed by atoms with Crippen LogP contribution in [0.5, 0.6) is 0 Å². The van der Waals surface area contributed by atoms with Crippen LogP contribution in [0.4, 0.5) is 5.69 Å². The van der Waals surface area contributed by atoms with Crippen LogP contribution in [0.1, 0.15) is 26.3 Å². The van der Waals surface area contributed by atoms with Crippen LogP contribution in [-0.4, -0.2) is 22.0 Å². The van der Waals surface area contributed by atoms with Crippen molar-refractivity contribution in [2.24, 2.45) is 0 Å². The quantitative estimate of drug-likeness (QED) is 0.517. The number of rotatable bonds is 5. The van der Waals surface area contributed by atoms with E-state index in [2.05, 4.69) is 0 Å². The van der Waals surface area contributed by atoms with Gasteiger partial charge in [-0.15, -0.1) is 0 Å². The molecule has 0 saturated heterocycles. The zero-order valence-corrected chi connectivity index (χ0v) is 11.3. The highest BCUT2D eigenvalue weighted by atomic mass is 16.6. The average molecular weight is 301 g/mol. The number of carboxylic acid groups (broad SMARTS) is 1. The highest BCUT2D eigenvalue weighted by molar-refractivity contribution is 5.89. The molecule has 1 N–H and O–H groups in total. The molecule has 0 aliphatic carbocycles. The Bertz CT molecular complexity index is 706. The van der Waals surface area contributed by atoms with Gasteiger partial charge in [0.2, 0.25) is 0 Å². The molecule has 0 unspecified atom stereocenters. The molecule has 0 aromatic heterocycles. The number of aromatic carboxylic acids is 1. The molecule has 0 radical (unpaired) electrons. The van der Waals surface area contributed by atoms with Crippen molar-refractivity contribution in [2.45, 2.75) is 6.61 Å². The number of benzene rings is 2. The molecule has 0 atom stereocenters. The van der Waals surface area contributed by atoms with E-state index in [1.165, 1.54) is 36.4 Å². The first kappa shape index (κ1) is 15.2. The topological polar surface area (TPSA) is 107 Å². The number of ether oxygens (including phenoxy) is 1. The number of nitro benzene ring substituents is 1. The number of carbonyl (C=O) groups is 2. The zero-order chi connectivity index (χ0) is 16.1. The Morgan fingerprint density at radius 1 is 1.00 bits per heavy atom. The van der Waals surface area contributed by atoms with Crippen LogP contribution < -0.4 is 0 Å². The van der Waals surface area contributed by atoms with Crippen LogP contribution in [0.3, 0.4) is 0 Å². The molecule has 7 heteroatoms. The molecule has 0 bridgehead atoms. The second-order valence-electron chi connectivity index (χ2n) is 4.38. The summed E-state index contributed by atoms with van der Waals surface area (Å²) in [6.45, 7) is -0.0181. The maximum absolute atomic E-state index is 11.8. The van der Waals surface area contributed by atoms with Gasteiger partial charge in [-0.1, -0.05) is 12.1 Å². The van der Waals surface area contributed by atoms with E-state index in [0.29, 0.717) is 5.56 Å². The third-order valence-electron chi connectivity index (χ3n) is 2.88. The molecule has 0 aliphatic heterocycles. The molecular formula is C15H11NO6. The summed E-state index contributed by atoms with van der Waals surface area (Å²) in [5.74, 6) is -1.65. The molecule has 0 saturated carbocycles. The van der Waals surface area contributed by atoms with Crippen molar-refractivity contribution in [3.8, 4) is 0 Å². The monoisotopic (exact) mass is 301 g/mol. The molecule has 22 heavy (non-hydrogen) atoms. The number of nitrogens with zero attached hydrogens (tertiary/aromatic N) is 1. The summed E-state index contributed by atoms with van der Waals surface area (Å²) in [5, 5.41) is 19.3. The number of nitro groups is 1. The van der Waals surface area contributed by atoms with E-state index in [0.717, 1.165) is 0 Å². The maximum atomic E-state index is 11.8. The van der Waals surface area contributed by atoms with Crippen molar-refractivity contribution in [3.05, 3.63) is 75.3 Å². The van der Waals surface area contributed by atoms with E-state index in [1.807, 2.05) is 0 Å². The average Bonchev–Trinajstić information content (AvgIpc) is 2.53. The Morgan fingerprint density at radius 3 is 2.05 bits per heavy atom. The highest BCUT2D eigenvalue weighted by Crippen LogP contribution is 2.13. The fourth-order valence-electron chi connectivity index (χ4n) is 1.69. The normalized spacial score (nSPS) is 10.0. The molecular weight excluding hydrogens is 290 g/mol. The Balaban J connectivity index is 1.97. The first-order valence-electron chi connectivity index (χ1n) is 6.21. The van der Waals surface area contributed by atoms with Gasteiger partial charge in [0.05, 0.1) is 16.1 Å². The molecule has 2 rings (SSSR count). The fraction of sp³-hybridized carbons (Fsp3) is 0.0667. The lowest BCUT2D eigenvalue weighted by molar-refractivity contribution is -0.384. The smallest absolute Gasteiger partial charge is 0.338 e. The van der Waals surface area contributed by atoms with Gasteiger partial charge in [0.25, 0.3) is 5.69 Å². The van der Waals surface area contributed by atoms with E-state index in [1.54, 1.807) is 12.1 Å². The van der Waals surface area contributed by atoms with Gasteiger partial charge < -0.3 is 9.84 Å². The van der Waals surface area contributed by atoms with Crippen LogP contribution in [0.25, 0.3) is 0 Å². The molecule has 112 valence electrons. The largest absolute Gasteiger partial charge is 0.478 e. The van der Waals surface area contributed by atoms with Crippen molar-refractivity contribution >= 4 is 17.6 Å². The molecule has 0 fully saturated rings. The number of esters is 1. The molecule has 0 aliphatic rings. The third kappa shape index (κ3) is 3.66. The molecule has 0 spiro atoms. The Labute approximate surface area is 124 Å². The van der Waals surface area contributed by atoms with Crippen molar-refractivity contribution < 1.29 is 24.4 Å². The van der Waals surface area contributed by atoms with Gasteiger partial charge in [-0.2, -0.15) is 0 Å². The lowest BCUT2D eigenvalue weighted by Crippen LogP contribution is -2.05. The van der Waals surface area contributed by atoms with E-state index < -0.39 is 16.9 Å². The minimum atomic E-state index is -1.03. The van der Waals surface area contributed by atoms with Gasteiger partial charge in [-0.25, -0.2) is 9.59 Å². The summed E-state index contributed by atoms with van der Waals surface area (Å²) in [6, 6.07) is 11.0. The summed E-state index contributed by atoms with van der Waals surface area (Å²) >= 11 is 0. The van der Waals surface area contributed by atoms with Crippen molar-refractivity contribution in [1.82, 2.24) is 0 Å². The van der Waals surface area contributed by atoms with Crippen LogP contribution in [0.2, 0.25) is 0 Å². The molecule has 7 nitrogen and oxygen atoms in total. The maximum Gasteiger partial charge on any atom is 0.338 e. The van der Waals surface area contributed by atoms with Gasteiger partial charge >= 0.3 is 11.9 Å². The second-order valence-corrected chi connectivity index (χ2v) is 4.38. The summed E-state index contributed by atoms with van der Waals surface area (Å²) in [7, 11) is 0. The second kappa shape index (κ2) is 6.49. The van der Waals surface area contributed by atoms with Gasteiger partial charge in [-0.3, -0.25) is 10.1 Å². The Kier molecular flexibility index (Phi) is 4.47. The summed E-state index contributed by atoms with van der Waals surface area (Å²) in [6.07, 6.45) is 0. The number of carbonyl (C=O) groups excluding carboxylic acids is 1. The van der Waals surface area contributed by atoms with Gasteiger partial charge in [0.15, 0.2) is 0 Å². The van der Waals surface area contributed by atoms with E-state index in [9.17, 15) is 19.7 Å². The summed E-state index contributed by atoms with van der Waals surface area (Å²) in [5.41, 5.74) is 0.874. The van der Waals surface area contributed by atoms with E-state index in [-0.39, 0.29) is 23.4 Å².